The van der Waals surface area contributed by atoms with Crippen LogP contribution >= 0.6 is 0 Å². The lowest BCUT2D eigenvalue weighted by molar-refractivity contribution is 0.666. The minimum Gasteiger partial charge on any atom is -0.311 e. The van der Waals surface area contributed by atoms with Crippen molar-refractivity contribution in [3.63, 3.8) is 0 Å². The van der Waals surface area contributed by atoms with Gasteiger partial charge in [0.25, 0.3) is 0 Å². The average molecular weight is 716 g/mol. The average Bonchev–Trinajstić information content (AvgIpc) is 3.50. The van der Waals surface area contributed by atoms with E-state index in [0.29, 0.717) is 0 Å². The maximum atomic E-state index is 2.46. The highest BCUT2D eigenvalue weighted by Crippen LogP contribution is 2.54. The van der Waals surface area contributed by atoms with Crippen LogP contribution in [0.25, 0.3) is 66.4 Å². The number of fused-ring (bicyclic) bond motifs is 5. The number of rotatable bonds is 7. The lowest BCUT2D eigenvalue weighted by Crippen LogP contribution is -2.15. The molecule has 0 N–H and O–H groups in total. The fraction of sp³-hybridized carbons (Fsp3) is 0.0545. The van der Waals surface area contributed by atoms with Gasteiger partial charge in [0, 0.05) is 22.5 Å². The Morgan fingerprint density at radius 1 is 0.304 bits per heavy atom. The minimum absolute atomic E-state index is 0.117. The SMILES string of the molecule is CC1(C)c2ccc(-c3ccccc3)cc2-c2cc(-c3ccc(N(c4ccc(-c5ccccc5)cc4)c4ccc(-c5ccccc5)cc4)cc3)c3ccccc3c21. The van der Waals surface area contributed by atoms with E-state index in [2.05, 4.69) is 231 Å². The number of nitrogens with zero attached hydrogens (tertiary/aromatic N) is 1. The lowest BCUT2D eigenvalue weighted by atomic mass is 9.79. The summed E-state index contributed by atoms with van der Waals surface area (Å²) in [5.41, 5.74) is 18.5. The Hall–Kier alpha value is -6.96. The van der Waals surface area contributed by atoms with Gasteiger partial charge >= 0.3 is 0 Å². The van der Waals surface area contributed by atoms with E-state index in [1.807, 2.05) is 0 Å². The predicted octanol–water partition coefficient (Wildman–Crippen LogP) is 15.3. The van der Waals surface area contributed by atoms with Gasteiger partial charge in [0.1, 0.15) is 0 Å². The third kappa shape index (κ3) is 5.81. The fourth-order valence-electron chi connectivity index (χ4n) is 8.86. The largest absolute Gasteiger partial charge is 0.311 e. The zero-order valence-electron chi connectivity index (χ0n) is 31.7. The highest BCUT2D eigenvalue weighted by atomic mass is 15.1. The molecule has 0 unspecified atom stereocenters. The molecule has 1 aliphatic carbocycles. The fourth-order valence-corrected chi connectivity index (χ4v) is 8.86. The molecule has 0 fully saturated rings. The van der Waals surface area contributed by atoms with Crippen LogP contribution in [0.5, 0.6) is 0 Å². The van der Waals surface area contributed by atoms with Crippen molar-refractivity contribution in [1.29, 1.82) is 0 Å². The molecule has 0 bridgehead atoms. The van der Waals surface area contributed by atoms with Gasteiger partial charge in [-0.3, -0.25) is 0 Å². The normalized spacial score (nSPS) is 12.6. The van der Waals surface area contributed by atoms with E-state index in [9.17, 15) is 0 Å². The topological polar surface area (TPSA) is 3.24 Å². The van der Waals surface area contributed by atoms with Gasteiger partial charge in [0.15, 0.2) is 0 Å². The maximum Gasteiger partial charge on any atom is 0.0462 e. The van der Waals surface area contributed by atoms with Crippen LogP contribution in [0.3, 0.4) is 0 Å². The molecule has 1 nitrogen and oxygen atoms in total. The summed E-state index contributed by atoms with van der Waals surface area (Å²) >= 11 is 0. The highest BCUT2D eigenvalue weighted by molar-refractivity contribution is 6.06. The van der Waals surface area contributed by atoms with Gasteiger partial charge in [0.05, 0.1) is 0 Å². The van der Waals surface area contributed by atoms with Crippen molar-refractivity contribution >= 4 is 27.8 Å². The van der Waals surface area contributed by atoms with Crippen molar-refractivity contribution in [1.82, 2.24) is 0 Å². The second-order valence-corrected chi connectivity index (χ2v) is 15.4. The monoisotopic (exact) mass is 715 g/mol. The van der Waals surface area contributed by atoms with Gasteiger partial charge in [0.2, 0.25) is 0 Å². The smallest absolute Gasteiger partial charge is 0.0462 e. The molecule has 0 amide bonds. The van der Waals surface area contributed by atoms with Crippen molar-refractivity contribution in [2.45, 2.75) is 19.3 Å². The van der Waals surface area contributed by atoms with E-state index in [-0.39, 0.29) is 5.41 Å². The van der Waals surface area contributed by atoms with Crippen LogP contribution in [0.2, 0.25) is 0 Å². The molecular weight excluding hydrogens is 675 g/mol. The number of hydrogen-bond acceptors (Lipinski definition) is 1. The van der Waals surface area contributed by atoms with Crippen molar-refractivity contribution in [2.75, 3.05) is 4.90 Å². The van der Waals surface area contributed by atoms with Crippen LogP contribution in [0, 0.1) is 0 Å². The van der Waals surface area contributed by atoms with Gasteiger partial charge in [-0.05, 0) is 126 Å². The Kier molecular flexibility index (Phi) is 8.23. The van der Waals surface area contributed by atoms with Crippen LogP contribution in [-0.2, 0) is 5.41 Å². The highest BCUT2D eigenvalue weighted by Gasteiger charge is 2.37. The first kappa shape index (κ1) is 33.6. The van der Waals surface area contributed by atoms with Gasteiger partial charge in [-0.1, -0.05) is 178 Å². The molecular formula is C55H41N. The predicted molar refractivity (Wildman–Crippen MR) is 238 cm³/mol. The molecule has 9 aromatic carbocycles. The second-order valence-electron chi connectivity index (χ2n) is 15.4. The van der Waals surface area contributed by atoms with E-state index in [1.54, 1.807) is 0 Å². The zero-order valence-corrected chi connectivity index (χ0v) is 31.7. The summed E-state index contributed by atoms with van der Waals surface area (Å²) in [4.78, 5) is 2.36. The molecule has 266 valence electrons. The molecule has 0 saturated carbocycles. The number of anilines is 3. The molecule has 0 atom stereocenters. The van der Waals surface area contributed by atoms with Crippen LogP contribution in [0.1, 0.15) is 25.0 Å². The summed E-state index contributed by atoms with van der Waals surface area (Å²) in [5.74, 6) is 0. The molecule has 0 aromatic heterocycles. The Morgan fingerprint density at radius 3 is 1.20 bits per heavy atom. The van der Waals surface area contributed by atoms with Gasteiger partial charge < -0.3 is 4.90 Å². The molecule has 56 heavy (non-hydrogen) atoms. The quantitative estimate of drug-likeness (QED) is 0.159. The van der Waals surface area contributed by atoms with E-state index in [4.69, 9.17) is 0 Å². The zero-order chi connectivity index (χ0) is 37.6. The molecule has 0 heterocycles. The van der Waals surface area contributed by atoms with E-state index < -0.39 is 0 Å². The summed E-state index contributed by atoms with van der Waals surface area (Å²) in [6.45, 7) is 4.77. The molecule has 1 heteroatoms. The van der Waals surface area contributed by atoms with Crippen LogP contribution < -0.4 is 4.90 Å². The molecule has 0 saturated heterocycles. The second kappa shape index (κ2) is 13.7. The third-order valence-corrected chi connectivity index (χ3v) is 11.7. The molecule has 0 radical (unpaired) electrons. The Balaban J connectivity index is 1.08. The van der Waals surface area contributed by atoms with E-state index >= 15 is 0 Å². The lowest BCUT2D eigenvalue weighted by Gasteiger charge is -2.26. The third-order valence-electron chi connectivity index (χ3n) is 11.7. The molecule has 1 aliphatic rings. The van der Waals surface area contributed by atoms with Crippen molar-refractivity contribution in [3.8, 4) is 55.6 Å². The van der Waals surface area contributed by atoms with E-state index in [1.165, 1.54) is 77.5 Å². The first-order valence-electron chi connectivity index (χ1n) is 19.5. The maximum absolute atomic E-state index is 2.46. The molecule has 9 aromatic rings. The van der Waals surface area contributed by atoms with Gasteiger partial charge in [-0.25, -0.2) is 0 Å². The standard InChI is InChI=1S/C55H41N/c1-55(2)53-35-28-44(40-18-10-5-11-19-40)36-51(53)52-37-50(48-20-12-13-21-49(48)54(52)55)43-26-33-47(34-27-43)56(45-29-22-41(23-30-45)38-14-6-3-7-15-38)46-31-24-42(25-32-46)39-16-8-4-9-17-39/h3-37H,1-2H3. The Labute approximate surface area is 329 Å². The van der Waals surface area contributed by atoms with Crippen LogP contribution in [0.4, 0.5) is 17.1 Å². The van der Waals surface area contributed by atoms with Crippen LogP contribution in [0.15, 0.2) is 212 Å². The van der Waals surface area contributed by atoms with Crippen molar-refractivity contribution < 1.29 is 0 Å². The first-order chi connectivity index (χ1) is 27.5. The molecule has 10 rings (SSSR count). The Bertz CT molecular complexity index is 2740. The van der Waals surface area contributed by atoms with E-state index in [0.717, 1.165) is 17.1 Å². The molecule has 0 spiro atoms. The van der Waals surface area contributed by atoms with Gasteiger partial charge in [-0.2, -0.15) is 0 Å². The van der Waals surface area contributed by atoms with Gasteiger partial charge in [-0.15, -0.1) is 0 Å². The van der Waals surface area contributed by atoms with Crippen LogP contribution in [-0.4, -0.2) is 0 Å². The molecule has 0 aliphatic heterocycles. The summed E-state index contributed by atoms with van der Waals surface area (Å²) in [5, 5.41) is 2.61. The first-order valence-corrected chi connectivity index (χ1v) is 19.5. The Morgan fingerprint density at radius 2 is 0.696 bits per heavy atom. The van der Waals surface area contributed by atoms with Crippen molar-refractivity contribution in [2.24, 2.45) is 0 Å². The summed E-state index contributed by atoms with van der Waals surface area (Å²) in [6.07, 6.45) is 0. The number of benzene rings is 9. The summed E-state index contributed by atoms with van der Waals surface area (Å²) in [7, 11) is 0. The van der Waals surface area contributed by atoms with Crippen molar-refractivity contribution in [3.05, 3.63) is 223 Å². The minimum atomic E-state index is -0.117. The number of hydrogen-bond donors (Lipinski definition) is 0. The summed E-state index contributed by atoms with van der Waals surface area (Å²) in [6, 6.07) is 77.4. The summed E-state index contributed by atoms with van der Waals surface area (Å²) < 4.78 is 0.